The largest absolute Gasteiger partial charge is 0.305 e. The molecule has 5 nitrogen and oxygen atoms in total. The van der Waals surface area contributed by atoms with Crippen LogP contribution in [0.5, 0.6) is 0 Å². The van der Waals surface area contributed by atoms with E-state index in [0.29, 0.717) is 32.1 Å². The third-order valence-corrected chi connectivity index (χ3v) is 8.62. The van der Waals surface area contributed by atoms with E-state index in [2.05, 4.69) is 42.3 Å². The SMILES string of the molecule is CN1C[C@H](c2ccccc2)CC2(CCN(S(=O)(=O)N3CCCC3)CC2)C1. The van der Waals surface area contributed by atoms with Gasteiger partial charge in [-0.2, -0.15) is 17.0 Å². The molecule has 3 heterocycles. The maximum Gasteiger partial charge on any atom is 0.281 e. The van der Waals surface area contributed by atoms with Crippen LogP contribution >= 0.6 is 0 Å². The van der Waals surface area contributed by atoms with Crippen LogP contribution in [-0.2, 0) is 10.2 Å². The Kier molecular flexibility index (Phi) is 5.12. The molecule has 1 spiro atoms. The summed E-state index contributed by atoms with van der Waals surface area (Å²) in [5, 5.41) is 0. The van der Waals surface area contributed by atoms with Gasteiger partial charge in [0.15, 0.2) is 0 Å². The molecule has 3 aliphatic heterocycles. The van der Waals surface area contributed by atoms with E-state index in [0.717, 1.165) is 38.8 Å². The highest BCUT2D eigenvalue weighted by molar-refractivity contribution is 7.86. The number of piperidine rings is 2. The lowest BCUT2D eigenvalue weighted by Gasteiger charge is -2.49. The van der Waals surface area contributed by atoms with Gasteiger partial charge in [0.2, 0.25) is 0 Å². The second-order valence-corrected chi connectivity index (χ2v) is 10.4. The summed E-state index contributed by atoms with van der Waals surface area (Å²) in [6.07, 6.45) is 5.14. The standard InChI is InChI=1S/C20H31N3O2S/c1-21-16-19(18-7-3-2-4-8-18)15-20(17-21)9-13-23(14-10-20)26(24,25)22-11-5-6-12-22/h2-4,7-8,19H,5-6,9-17H2,1H3/t19-/m1/s1. The van der Waals surface area contributed by atoms with Gasteiger partial charge in [0.25, 0.3) is 10.2 Å². The van der Waals surface area contributed by atoms with Gasteiger partial charge in [-0.3, -0.25) is 0 Å². The van der Waals surface area contributed by atoms with Crippen LogP contribution in [0.4, 0.5) is 0 Å². The summed E-state index contributed by atoms with van der Waals surface area (Å²) in [6.45, 7) is 4.93. The van der Waals surface area contributed by atoms with Crippen LogP contribution in [0.25, 0.3) is 0 Å². The van der Waals surface area contributed by atoms with Crippen molar-refractivity contribution in [3.63, 3.8) is 0 Å². The summed E-state index contributed by atoms with van der Waals surface area (Å²) in [5.74, 6) is 0.552. The molecular weight excluding hydrogens is 346 g/mol. The van der Waals surface area contributed by atoms with E-state index >= 15 is 0 Å². The maximum absolute atomic E-state index is 12.9. The fourth-order valence-corrected chi connectivity index (χ4v) is 6.94. The third kappa shape index (κ3) is 3.57. The smallest absolute Gasteiger partial charge is 0.281 e. The van der Waals surface area contributed by atoms with Crippen molar-refractivity contribution in [1.82, 2.24) is 13.5 Å². The molecule has 0 saturated carbocycles. The molecule has 26 heavy (non-hydrogen) atoms. The summed E-state index contributed by atoms with van der Waals surface area (Å²) < 4.78 is 29.1. The highest BCUT2D eigenvalue weighted by atomic mass is 32.2. The second-order valence-electron chi connectivity index (χ2n) is 8.52. The molecule has 0 unspecified atom stereocenters. The van der Waals surface area contributed by atoms with Gasteiger partial charge in [0.1, 0.15) is 0 Å². The first-order valence-corrected chi connectivity index (χ1v) is 11.4. The molecule has 6 heteroatoms. The molecule has 0 aliphatic carbocycles. The number of benzene rings is 1. The van der Waals surface area contributed by atoms with Crippen LogP contribution in [-0.4, -0.2) is 68.2 Å². The molecule has 3 saturated heterocycles. The minimum atomic E-state index is -3.24. The van der Waals surface area contributed by atoms with Crippen LogP contribution in [0.1, 0.15) is 43.6 Å². The summed E-state index contributed by atoms with van der Waals surface area (Å²) in [7, 11) is -1.03. The van der Waals surface area contributed by atoms with E-state index in [9.17, 15) is 8.42 Å². The average Bonchev–Trinajstić information content (AvgIpc) is 3.18. The quantitative estimate of drug-likeness (QED) is 0.813. The van der Waals surface area contributed by atoms with E-state index in [1.165, 1.54) is 12.0 Å². The predicted molar refractivity (Wildman–Crippen MR) is 104 cm³/mol. The number of hydrogen-bond acceptors (Lipinski definition) is 3. The highest BCUT2D eigenvalue weighted by Crippen LogP contribution is 2.45. The molecule has 0 bridgehead atoms. The van der Waals surface area contributed by atoms with Gasteiger partial charge in [0.05, 0.1) is 0 Å². The summed E-state index contributed by atoms with van der Waals surface area (Å²) in [5.41, 5.74) is 1.68. The highest BCUT2D eigenvalue weighted by Gasteiger charge is 2.44. The first-order chi connectivity index (χ1) is 12.5. The van der Waals surface area contributed by atoms with Crippen molar-refractivity contribution in [3.05, 3.63) is 35.9 Å². The lowest BCUT2D eigenvalue weighted by Crippen LogP contribution is -2.53. The van der Waals surface area contributed by atoms with E-state index in [1.54, 1.807) is 8.61 Å². The zero-order valence-corrected chi connectivity index (χ0v) is 16.6. The van der Waals surface area contributed by atoms with Crippen LogP contribution < -0.4 is 0 Å². The number of likely N-dealkylation sites (N-methyl/N-ethyl adjacent to an activating group) is 1. The van der Waals surface area contributed by atoms with Gasteiger partial charge >= 0.3 is 0 Å². The molecule has 3 fully saturated rings. The molecule has 3 aliphatic rings. The zero-order chi connectivity index (χ0) is 18.2. The Balaban J connectivity index is 1.45. The van der Waals surface area contributed by atoms with Crippen molar-refractivity contribution in [2.45, 2.75) is 38.0 Å². The van der Waals surface area contributed by atoms with E-state index < -0.39 is 10.2 Å². The molecule has 0 radical (unpaired) electrons. The predicted octanol–water partition coefficient (Wildman–Crippen LogP) is 2.53. The Bertz CT molecular complexity index is 708. The Morgan fingerprint density at radius 1 is 0.962 bits per heavy atom. The van der Waals surface area contributed by atoms with Crippen molar-refractivity contribution in [3.8, 4) is 0 Å². The summed E-state index contributed by atoms with van der Waals surface area (Å²) in [6, 6.07) is 10.8. The van der Waals surface area contributed by atoms with Crippen LogP contribution in [0.15, 0.2) is 30.3 Å². The molecular formula is C20H31N3O2S. The Labute approximate surface area is 158 Å². The monoisotopic (exact) mass is 377 g/mol. The molecule has 4 rings (SSSR count). The van der Waals surface area contributed by atoms with Crippen LogP contribution in [0, 0.1) is 5.41 Å². The average molecular weight is 378 g/mol. The van der Waals surface area contributed by atoms with E-state index in [1.807, 2.05) is 0 Å². The maximum atomic E-state index is 12.9. The van der Waals surface area contributed by atoms with E-state index in [4.69, 9.17) is 0 Å². The van der Waals surface area contributed by atoms with Crippen molar-refractivity contribution in [2.75, 3.05) is 46.3 Å². The zero-order valence-electron chi connectivity index (χ0n) is 15.8. The lowest BCUT2D eigenvalue weighted by molar-refractivity contribution is 0.0430. The Hall–Kier alpha value is -0.950. The fraction of sp³-hybridized carbons (Fsp3) is 0.700. The fourth-order valence-electron chi connectivity index (χ4n) is 5.25. The second kappa shape index (κ2) is 7.23. The number of likely N-dealkylation sites (tertiary alicyclic amines) is 1. The van der Waals surface area contributed by atoms with Gasteiger partial charge in [-0.1, -0.05) is 30.3 Å². The van der Waals surface area contributed by atoms with Crippen molar-refractivity contribution < 1.29 is 8.42 Å². The van der Waals surface area contributed by atoms with Gasteiger partial charge in [-0.25, -0.2) is 0 Å². The number of rotatable bonds is 3. The van der Waals surface area contributed by atoms with Crippen molar-refractivity contribution in [2.24, 2.45) is 5.41 Å². The van der Waals surface area contributed by atoms with E-state index in [-0.39, 0.29) is 5.41 Å². The van der Waals surface area contributed by atoms with Gasteiger partial charge in [-0.15, -0.1) is 0 Å². The minimum absolute atomic E-state index is 0.255. The lowest BCUT2D eigenvalue weighted by atomic mass is 9.68. The molecule has 144 valence electrons. The normalized spacial score (nSPS) is 28.6. The summed E-state index contributed by atoms with van der Waals surface area (Å²) >= 11 is 0. The number of nitrogens with zero attached hydrogens (tertiary/aromatic N) is 3. The Morgan fingerprint density at radius 2 is 1.58 bits per heavy atom. The molecule has 0 aromatic heterocycles. The van der Waals surface area contributed by atoms with Gasteiger partial charge in [-0.05, 0) is 56.0 Å². The van der Waals surface area contributed by atoms with Crippen molar-refractivity contribution in [1.29, 1.82) is 0 Å². The molecule has 1 atom stereocenters. The van der Waals surface area contributed by atoms with Crippen LogP contribution in [0.3, 0.4) is 0 Å². The summed E-state index contributed by atoms with van der Waals surface area (Å²) in [4.78, 5) is 2.45. The third-order valence-electron chi connectivity index (χ3n) is 6.59. The molecule has 0 amide bonds. The van der Waals surface area contributed by atoms with Crippen molar-refractivity contribution >= 4 is 10.2 Å². The minimum Gasteiger partial charge on any atom is -0.305 e. The molecule has 1 aromatic carbocycles. The Morgan fingerprint density at radius 3 is 2.23 bits per heavy atom. The first-order valence-electron chi connectivity index (χ1n) is 9.97. The molecule has 1 aromatic rings. The van der Waals surface area contributed by atoms with Crippen LogP contribution in [0.2, 0.25) is 0 Å². The topological polar surface area (TPSA) is 43.9 Å². The number of hydrogen-bond donors (Lipinski definition) is 0. The molecule has 0 N–H and O–H groups in total. The first kappa shape index (κ1) is 18.4. The van der Waals surface area contributed by atoms with Gasteiger partial charge in [0, 0.05) is 39.3 Å². The van der Waals surface area contributed by atoms with Gasteiger partial charge < -0.3 is 4.90 Å².